The highest BCUT2D eigenvalue weighted by molar-refractivity contribution is 7.88. The molecule has 0 aromatic heterocycles. The number of carbonyl (C=O) groups is 1. The van der Waals surface area contributed by atoms with Crippen LogP contribution in [0.25, 0.3) is 0 Å². The summed E-state index contributed by atoms with van der Waals surface area (Å²) < 4.78 is 26.9. The Morgan fingerprint density at radius 3 is 2.12 bits per heavy atom. The van der Waals surface area contributed by atoms with Crippen LogP contribution in [0.4, 0.5) is 0 Å². The van der Waals surface area contributed by atoms with E-state index in [9.17, 15) is 13.2 Å². The Kier molecular flexibility index (Phi) is 7.57. The predicted octanol–water partition coefficient (Wildman–Crippen LogP) is 1.52. The number of likely N-dealkylation sites (tertiary alicyclic amines) is 1. The van der Waals surface area contributed by atoms with E-state index in [0.29, 0.717) is 32.7 Å². The van der Waals surface area contributed by atoms with Crippen LogP contribution in [0.15, 0.2) is 60.7 Å². The summed E-state index contributed by atoms with van der Waals surface area (Å²) in [6, 6.07) is 19.8. The summed E-state index contributed by atoms with van der Waals surface area (Å²) in [6.45, 7) is 5.09. The van der Waals surface area contributed by atoms with Crippen LogP contribution in [0, 0.1) is 0 Å². The van der Waals surface area contributed by atoms with Gasteiger partial charge in [0, 0.05) is 51.9 Å². The van der Waals surface area contributed by atoms with Crippen LogP contribution in [-0.4, -0.2) is 80.3 Å². The number of piperazine rings is 1. The molecule has 0 aliphatic carbocycles. The SMILES string of the molecule is O=C(CN1CCN(S(=O)(=O)Cc2ccccc2)CC1)NC1CCN(Cc2ccccc2)C1. The van der Waals surface area contributed by atoms with Crippen LogP contribution in [0.1, 0.15) is 17.5 Å². The van der Waals surface area contributed by atoms with Gasteiger partial charge in [-0.15, -0.1) is 0 Å². The lowest BCUT2D eigenvalue weighted by molar-refractivity contribution is -0.123. The standard InChI is InChI=1S/C24H32N4O3S/c29-24(25-23-11-12-27(18-23)17-21-7-3-1-4-8-21)19-26-13-15-28(16-14-26)32(30,31)20-22-9-5-2-6-10-22/h1-10,23H,11-20H2,(H,25,29). The van der Waals surface area contributed by atoms with Crippen molar-refractivity contribution in [2.75, 3.05) is 45.8 Å². The second-order valence-corrected chi connectivity index (χ2v) is 10.7. The van der Waals surface area contributed by atoms with E-state index in [2.05, 4.69) is 34.5 Å². The van der Waals surface area contributed by atoms with Gasteiger partial charge in [-0.1, -0.05) is 60.7 Å². The first kappa shape index (κ1) is 22.9. The van der Waals surface area contributed by atoms with E-state index in [0.717, 1.165) is 31.6 Å². The molecule has 2 aromatic rings. The van der Waals surface area contributed by atoms with Crippen molar-refractivity contribution < 1.29 is 13.2 Å². The molecule has 4 rings (SSSR count). The normalized spacial score (nSPS) is 20.9. The first-order chi connectivity index (χ1) is 15.5. The Morgan fingerprint density at radius 2 is 1.47 bits per heavy atom. The molecule has 2 saturated heterocycles. The number of carbonyl (C=O) groups excluding carboxylic acids is 1. The monoisotopic (exact) mass is 456 g/mol. The molecule has 2 heterocycles. The van der Waals surface area contributed by atoms with Crippen molar-refractivity contribution >= 4 is 15.9 Å². The lowest BCUT2D eigenvalue weighted by atomic mass is 10.2. The van der Waals surface area contributed by atoms with E-state index >= 15 is 0 Å². The lowest BCUT2D eigenvalue weighted by Crippen LogP contribution is -2.52. The number of hydrogen-bond acceptors (Lipinski definition) is 5. The van der Waals surface area contributed by atoms with Crippen LogP contribution in [0.5, 0.6) is 0 Å². The molecular formula is C24H32N4O3S. The molecule has 2 aliphatic rings. The number of amides is 1. The molecule has 2 fully saturated rings. The van der Waals surface area contributed by atoms with Crippen LogP contribution < -0.4 is 5.32 Å². The van der Waals surface area contributed by atoms with Gasteiger partial charge in [0.2, 0.25) is 15.9 Å². The summed E-state index contributed by atoms with van der Waals surface area (Å²) in [5.74, 6) is 0.0484. The minimum Gasteiger partial charge on any atom is -0.351 e. The van der Waals surface area contributed by atoms with Crippen molar-refractivity contribution in [1.82, 2.24) is 19.4 Å². The molecule has 0 bridgehead atoms. The average molecular weight is 457 g/mol. The third kappa shape index (κ3) is 6.38. The van der Waals surface area contributed by atoms with Crippen molar-refractivity contribution in [2.24, 2.45) is 0 Å². The summed E-state index contributed by atoms with van der Waals surface area (Å²) in [6.07, 6.45) is 0.962. The molecule has 1 N–H and O–H groups in total. The van der Waals surface area contributed by atoms with Gasteiger partial charge in [0.25, 0.3) is 0 Å². The molecule has 1 unspecified atom stereocenters. The van der Waals surface area contributed by atoms with Crippen LogP contribution in [0.2, 0.25) is 0 Å². The fourth-order valence-corrected chi connectivity index (χ4v) is 5.97. The Morgan fingerprint density at radius 1 is 0.844 bits per heavy atom. The maximum absolute atomic E-state index is 12.7. The summed E-state index contributed by atoms with van der Waals surface area (Å²) in [4.78, 5) is 17.0. The summed E-state index contributed by atoms with van der Waals surface area (Å²) in [5.41, 5.74) is 2.09. The van der Waals surface area contributed by atoms with E-state index in [4.69, 9.17) is 0 Å². The van der Waals surface area contributed by atoms with Gasteiger partial charge < -0.3 is 5.32 Å². The van der Waals surface area contributed by atoms with Gasteiger partial charge in [0.05, 0.1) is 12.3 Å². The van der Waals surface area contributed by atoms with Gasteiger partial charge >= 0.3 is 0 Å². The maximum atomic E-state index is 12.7. The maximum Gasteiger partial charge on any atom is 0.234 e. The van der Waals surface area contributed by atoms with Crippen LogP contribution >= 0.6 is 0 Å². The van der Waals surface area contributed by atoms with E-state index in [1.807, 2.05) is 41.3 Å². The Hall–Kier alpha value is -2.26. The van der Waals surface area contributed by atoms with E-state index in [1.165, 1.54) is 5.56 Å². The molecule has 0 radical (unpaired) electrons. The highest BCUT2D eigenvalue weighted by Crippen LogP contribution is 2.15. The number of benzene rings is 2. The molecular weight excluding hydrogens is 424 g/mol. The fraction of sp³-hybridized carbons (Fsp3) is 0.458. The van der Waals surface area contributed by atoms with Crippen molar-refractivity contribution in [2.45, 2.75) is 24.8 Å². The zero-order chi connectivity index (χ0) is 22.4. The minimum absolute atomic E-state index is 0.0233. The largest absolute Gasteiger partial charge is 0.351 e. The first-order valence-electron chi connectivity index (χ1n) is 11.3. The number of nitrogens with zero attached hydrogens (tertiary/aromatic N) is 3. The lowest BCUT2D eigenvalue weighted by Gasteiger charge is -2.33. The van der Waals surface area contributed by atoms with Gasteiger partial charge in [-0.2, -0.15) is 4.31 Å². The second kappa shape index (κ2) is 10.6. The minimum atomic E-state index is -3.34. The number of hydrogen-bond donors (Lipinski definition) is 1. The van der Waals surface area contributed by atoms with E-state index in [-0.39, 0.29) is 17.7 Å². The fourth-order valence-electron chi connectivity index (χ4n) is 4.45. The van der Waals surface area contributed by atoms with Crippen LogP contribution in [-0.2, 0) is 27.1 Å². The van der Waals surface area contributed by atoms with Gasteiger partial charge in [0.1, 0.15) is 0 Å². The molecule has 0 spiro atoms. The number of sulfonamides is 1. The molecule has 1 amide bonds. The summed E-state index contributed by atoms with van der Waals surface area (Å²) >= 11 is 0. The predicted molar refractivity (Wildman–Crippen MR) is 125 cm³/mol. The van der Waals surface area contributed by atoms with Gasteiger partial charge in [-0.3, -0.25) is 14.6 Å². The Bertz CT molecular complexity index is 977. The molecule has 8 heteroatoms. The summed E-state index contributed by atoms with van der Waals surface area (Å²) in [7, 11) is -3.34. The molecule has 2 aliphatic heterocycles. The van der Waals surface area contributed by atoms with Gasteiger partial charge in [0.15, 0.2) is 0 Å². The Balaban J connectivity index is 1.18. The van der Waals surface area contributed by atoms with Crippen molar-refractivity contribution in [3.63, 3.8) is 0 Å². The van der Waals surface area contributed by atoms with Crippen molar-refractivity contribution in [1.29, 1.82) is 0 Å². The zero-order valence-electron chi connectivity index (χ0n) is 18.4. The average Bonchev–Trinajstić information content (AvgIpc) is 3.21. The molecule has 172 valence electrons. The molecule has 1 atom stereocenters. The molecule has 0 saturated carbocycles. The second-order valence-electron chi connectivity index (χ2n) is 8.69. The van der Waals surface area contributed by atoms with E-state index in [1.54, 1.807) is 4.31 Å². The third-order valence-electron chi connectivity index (χ3n) is 6.17. The Labute approximate surface area is 191 Å². The molecule has 7 nitrogen and oxygen atoms in total. The molecule has 2 aromatic carbocycles. The van der Waals surface area contributed by atoms with Gasteiger partial charge in [-0.05, 0) is 17.5 Å². The van der Waals surface area contributed by atoms with E-state index < -0.39 is 10.0 Å². The number of nitrogens with one attached hydrogen (secondary N) is 1. The quantitative estimate of drug-likeness (QED) is 0.652. The topological polar surface area (TPSA) is 73.0 Å². The van der Waals surface area contributed by atoms with Crippen molar-refractivity contribution in [3.05, 3.63) is 71.8 Å². The first-order valence-corrected chi connectivity index (χ1v) is 12.9. The smallest absolute Gasteiger partial charge is 0.234 e. The van der Waals surface area contributed by atoms with Gasteiger partial charge in [-0.25, -0.2) is 8.42 Å². The number of rotatable bonds is 8. The highest BCUT2D eigenvalue weighted by atomic mass is 32.2. The van der Waals surface area contributed by atoms with Crippen molar-refractivity contribution in [3.8, 4) is 0 Å². The molecule has 32 heavy (non-hydrogen) atoms. The van der Waals surface area contributed by atoms with Crippen LogP contribution in [0.3, 0.4) is 0 Å². The summed E-state index contributed by atoms with van der Waals surface area (Å²) in [5, 5.41) is 3.16. The zero-order valence-corrected chi connectivity index (χ0v) is 19.2. The third-order valence-corrected chi connectivity index (χ3v) is 8.02. The highest BCUT2D eigenvalue weighted by Gasteiger charge is 2.29.